The van der Waals surface area contributed by atoms with Gasteiger partial charge in [0.05, 0.1) is 6.26 Å². The van der Waals surface area contributed by atoms with Crippen LogP contribution >= 0.6 is 0 Å². The maximum Gasteiger partial charge on any atom is 0.254 e. The summed E-state index contributed by atoms with van der Waals surface area (Å²) < 4.78 is 24.7. The van der Waals surface area contributed by atoms with Crippen LogP contribution in [0.2, 0.25) is 0 Å². The van der Waals surface area contributed by atoms with Gasteiger partial charge in [-0.2, -0.15) is 0 Å². The van der Waals surface area contributed by atoms with Crippen molar-refractivity contribution in [1.29, 1.82) is 0 Å². The number of hydrogen-bond acceptors (Lipinski definition) is 3. The first-order valence-electron chi connectivity index (χ1n) is 5.96. The lowest BCUT2D eigenvalue weighted by Gasteiger charge is -2.19. The number of hydrogen-bond donors (Lipinski definition) is 1. The molecule has 1 rings (SSSR count). The van der Waals surface area contributed by atoms with E-state index in [1.807, 2.05) is 0 Å². The van der Waals surface area contributed by atoms with E-state index in [2.05, 4.69) is 17.9 Å². The number of nitrogens with one attached hydrogen (secondary N) is 1. The average Bonchev–Trinajstić information content (AvgIpc) is 2.36. The van der Waals surface area contributed by atoms with E-state index in [-0.39, 0.29) is 5.91 Å². The fourth-order valence-electron chi connectivity index (χ4n) is 1.66. The van der Waals surface area contributed by atoms with Crippen LogP contribution in [0.1, 0.15) is 10.4 Å². The molecular formula is C14H18N2O3S. The lowest BCUT2D eigenvalue weighted by Crippen LogP contribution is -2.31. The van der Waals surface area contributed by atoms with Gasteiger partial charge in [0.1, 0.15) is 0 Å². The Balaban J connectivity index is 3.00. The average molecular weight is 294 g/mol. The molecule has 6 heteroatoms. The highest BCUT2D eigenvalue weighted by atomic mass is 32.2. The molecule has 0 aliphatic carbocycles. The van der Waals surface area contributed by atoms with Crippen molar-refractivity contribution in [2.75, 3.05) is 24.1 Å². The van der Waals surface area contributed by atoms with E-state index in [1.54, 1.807) is 35.3 Å². The smallest absolute Gasteiger partial charge is 0.254 e. The summed E-state index contributed by atoms with van der Waals surface area (Å²) in [6.45, 7) is 8.00. The zero-order chi connectivity index (χ0) is 15.2. The van der Waals surface area contributed by atoms with Gasteiger partial charge in [0, 0.05) is 24.3 Å². The molecule has 0 aliphatic heterocycles. The van der Waals surface area contributed by atoms with Crippen molar-refractivity contribution >= 4 is 21.6 Å². The molecule has 5 nitrogen and oxygen atoms in total. The Kier molecular flexibility index (Phi) is 5.52. The van der Waals surface area contributed by atoms with Crippen molar-refractivity contribution in [3.63, 3.8) is 0 Å². The maximum atomic E-state index is 12.3. The summed E-state index contributed by atoms with van der Waals surface area (Å²) in [6.07, 6.45) is 4.31. The summed E-state index contributed by atoms with van der Waals surface area (Å²) in [7, 11) is -3.37. The van der Waals surface area contributed by atoms with Crippen molar-refractivity contribution in [1.82, 2.24) is 4.90 Å². The van der Waals surface area contributed by atoms with Crippen LogP contribution in [-0.2, 0) is 10.0 Å². The highest BCUT2D eigenvalue weighted by Crippen LogP contribution is 2.14. The first kappa shape index (κ1) is 16.0. The third kappa shape index (κ3) is 4.89. The van der Waals surface area contributed by atoms with Crippen molar-refractivity contribution < 1.29 is 13.2 Å². The Hall–Kier alpha value is -2.08. The van der Waals surface area contributed by atoms with Gasteiger partial charge in [-0.25, -0.2) is 8.42 Å². The number of nitrogens with zero attached hydrogens (tertiary/aromatic N) is 1. The molecule has 108 valence electrons. The molecule has 0 unspecified atom stereocenters. The Bertz CT molecular complexity index is 599. The number of sulfonamides is 1. The van der Waals surface area contributed by atoms with Crippen LogP contribution in [0.25, 0.3) is 0 Å². The van der Waals surface area contributed by atoms with Crippen molar-refractivity contribution in [2.45, 2.75) is 0 Å². The first-order chi connectivity index (χ1) is 9.37. The fourth-order valence-corrected chi connectivity index (χ4v) is 2.22. The summed E-state index contributed by atoms with van der Waals surface area (Å²) >= 11 is 0. The second-order valence-corrected chi connectivity index (χ2v) is 5.99. The molecule has 0 bridgehead atoms. The normalized spacial score (nSPS) is 10.7. The summed E-state index contributed by atoms with van der Waals surface area (Å²) in [5.41, 5.74) is 0.762. The molecule has 0 spiro atoms. The van der Waals surface area contributed by atoms with Gasteiger partial charge in [-0.1, -0.05) is 18.2 Å². The summed E-state index contributed by atoms with van der Waals surface area (Å²) in [4.78, 5) is 13.9. The largest absolute Gasteiger partial charge is 0.331 e. The molecule has 0 saturated heterocycles. The Morgan fingerprint density at radius 1 is 1.30 bits per heavy atom. The lowest BCUT2D eigenvalue weighted by molar-refractivity contribution is 0.0791. The van der Waals surface area contributed by atoms with E-state index < -0.39 is 10.0 Å². The minimum absolute atomic E-state index is 0.207. The molecule has 1 aromatic carbocycles. The third-order valence-electron chi connectivity index (χ3n) is 2.40. The van der Waals surface area contributed by atoms with Gasteiger partial charge < -0.3 is 4.90 Å². The number of benzene rings is 1. The zero-order valence-corrected chi connectivity index (χ0v) is 12.2. The second-order valence-electron chi connectivity index (χ2n) is 4.24. The maximum absolute atomic E-state index is 12.3. The molecule has 0 fully saturated rings. The Morgan fingerprint density at radius 2 is 1.90 bits per heavy atom. The molecule has 20 heavy (non-hydrogen) atoms. The Morgan fingerprint density at radius 3 is 2.40 bits per heavy atom. The summed E-state index contributed by atoms with van der Waals surface area (Å²) in [5.74, 6) is -0.207. The highest BCUT2D eigenvalue weighted by molar-refractivity contribution is 7.92. The molecule has 0 aliphatic rings. The van der Waals surface area contributed by atoms with Crippen LogP contribution in [0.5, 0.6) is 0 Å². The third-order valence-corrected chi connectivity index (χ3v) is 3.01. The summed E-state index contributed by atoms with van der Waals surface area (Å²) in [6, 6.07) is 6.35. The van der Waals surface area contributed by atoms with E-state index in [0.29, 0.717) is 24.3 Å². The van der Waals surface area contributed by atoms with Gasteiger partial charge in [0.25, 0.3) is 5.91 Å². The van der Waals surface area contributed by atoms with Gasteiger partial charge in [-0.3, -0.25) is 9.52 Å². The first-order valence-corrected chi connectivity index (χ1v) is 7.85. The van der Waals surface area contributed by atoms with Crippen LogP contribution in [0.15, 0.2) is 49.6 Å². The SMILES string of the molecule is C=CCN(CC=C)C(=O)c1cccc(NS(C)(=O)=O)c1. The van der Waals surface area contributed by atoms with Gasteiger partial charge in [-0.15, -0.1) is 13.2 Å². The lowest BCUT2D eigenvalue weighted by atomic mass is 10.1. The number of carbonyl (C=O) groups excluding carboxylic acids is 1. The van der Waals surface area contributed by atoms with Crippen molar-refractivity contribution in [3.05, 3.63) is 55.1 Å². The van der Waals surface area contributed by atoms with Gasteiger partial charge in [-0.05, 0) is 18.2 Å². The van der Waals surface area contributed by atoms with E-state index in [0.717, 1.165) is 6.26 Å². The van der Waals surface area contributed by atoms with Gasteiger partial charge in [0.2, 0.25) is 10.0 Å². The molecular weight excluding hydrogens is 276 g/mol. The van der Waals surface area contributed by atoms with E-state index >= 15 is 0 Å². The van der Waals surface area contributed by atoms with Crippen LogP contribution < -0.4 is 4.72 Å². The molecule has 0 heterocycles. The molecule has 1 aromatic rings. The zero-order valence-electron chi connectivity index (χ0n) is 11.4. The quantitative estimate of drug-likeness (QED) is 0.781. The molecule has 0 saturated carbocycles. The van der Waals surface area contributed by atoms with Crippen LogP contribution in [-0.4, -0.2) is 38.6 Å². The molecule has 0 aromatic heterocycles. The molecule has 1 amide bonds. The van der Waals surface area contributed by atoms with Crippen LogP contribution in [0.4, 0.5) is 5.69 Å². The predicted octanol–water partition coefficient (Wildman–Crippen LogP) is 1.87. The number of anilines is 1. The van der Waals surface area contributed by atoms with Crippen molar-refractivity contribution in [3.8, 4) is 0 Å². The van der Waals surface area contributed by atoms with Gasteiger partial charge in [0.15, 0.2) is 0 Å². The summed E-state index contributed by atoms with van der Waals surface area (Å²) in [5, 5.41) is 0. The van der Waals surface area contributed by atoms with Crippen LogP contribution in [0, 0.1) is 0 Å². The number of amides is 1. The number of carbonyl (C=O) groups is 1. The van der Waals surface area contributed by atoms with E-state index in [4.69, 9.17) is 0 Å². The monoisotopic (exact) mass is 294 g/mol. The number of rotatable bonds is 7. The minimum atomic E-state index is -3.37. The van der Waals surface area contributed by atoms with Crippen LogP contribution in [0.3, 0.4) is 0 Å². The topological polar surface area (TPSA) is 66.5 Å². The standard InChI is InChI=1S/C14H18N2O3S/c1-4-9-16(10-5-2)14(17)12-7-6-8-13(11-12)15-20(3,18)19/h4-8,11,15H,1-2,9-10H2,3H3. The highest BCUT2D eigenvalue weighted by Gasteiger charge is 2.14. The molecule has 1 N–H and O–H groups in total. The fraction of sp³-hybridized carbons (Fsp3) is 0.214. The van der Waals surface area contributed by atoms with E-state index in [1.165, 1.54) is 6.07 Å². The minimum Gasteiger partial charge on any atom is -0.331 e. The second kappa shape index (κ2) is 6.91. The Labute approximate surface area is 119 Å². The van der Waals surface area contributed by atoms with Gasteiger partial charge >= 0.3 is 0 Å². The predicted molar refractivity (Wildman–Crippen MR) is 81.2 cm³/mol. The molecule has 0 radical (unpaired) electrons. The van der Waals surface area contributed by atoms with Crippen molar-refractivity contribution in [2.24, 2.45) is 0 Å². The van der Waals surface area contributed by atoms with E-state index in [9.17, 15) is 13.2 Å². The molecule has 0 atom stereocenters.